The van der Waals surface area contributed by atoms with Crippen molar-refractivity contribution < 1.29 is 14.5 Å². The number of benzene rings is 2. The van der Waals surface area contributed by atoms with Gasteiger partial charge in [-0.3, -0.25) is 15.4 Å². The van der Waals surface area contributed by atoms with Gasteiger partial charge in [0.1, 0.15) is 5.75 Å². The third kappa shape index (κ3) is 3.41. The fraction of sp³-hybridized carbons (Fsp3) is 0. The van der Waals surface area contributed by atoms with E-state index in [0.717, 1.165) is 5.39 Å². The molecular formula is C16H10ClN3O4. The van der Waals surface area contributed by atoms with E-state index in [0.29, 0.717) is 11.2 Å². The maximum absolute atomic E-state index is 11.9. The van der Waals surface area contributed by atoms with E-state index in [4.69, 9.17) is 16.3 Å². The Kier molecular flexibility index (Phi) is 4.26. The molecule has 0 saturated heterocycles. The van der Waals surface area contributed by atoms with Crippen LogP contribution in [-0.2, 0) is 0 Å². The summed E-state index contributed by atoms with van der Waals surface area (Å²) >= 11 is 6.05. The Hall–Kier alpha value is -3.19. The van der Waals surface area contributed by atoms with Crippen LogP contribution in [0, 0.1) is 10.1 Å². The Balaban J connectivity index is 1.74. The molecule has 2 aromatic carbocycles. The predicted molar refractivity (Wildman–Crippen MR) is 89.5 cm³/mol. The van der Waals surface area contributed by atoms with Gasteiger partial charge in [0.2, 0.25) is 0 Å². The van der Waals surface area contributed by atoms with Crippen molar-refractivity contribution in [2.75, 3.05) is 5.32 Å². The quantitative estimate of drug-likeness (QED) is 0.432. The van der Waals surface area contributed by atoms with Gasteiger partial charge in [0.25, 0.3) is 5.69 Å². The second kappa shape index (κ2) is 6.51. The lowest BCUT2D eigenvalue weighted by Gasteiger charge is -2.09. The molecule has 3 rings (SSSR count). The Labute approximate surface area is 141 Å². The lowest BCUT2D eigenvalue weighted by Crippen LogP contribution is -2.17. The molecule has 0 fully saturated rings. The zero-order valence-corrected chi connectivity index (χ0v) is 12.9. The molecule has 8 heteroatoms. The van der Waals surface area contributed by atoms with E-state index >= 15 is 0 Å². The molecule has 0 unspecified atom stereocenters. The van der Waals surface area contributed by atoms with Crippen molar-refractivity contribution in [3.8, 4) is 5.75 Å². The lowest BCUT2D eigenvalue weighted by molar-refractivity contribution is -0.384. The number of anilines is 1. The number of rotatable bonds is 3. The Bertz CT molecular complexity index is 928. The number of pyridine rings is 1. The first-order valence-electron chi connectivity index (χ1n) is 6.81. The van der Waals surface area contributed by atoms with E-state index in [2.05, 4.69) is 10.3 Å². The second-order valence-electron chi connectivity index (χ2n) is 4.78. The van der Waals surface area contributed by atoms with Crippen molar-refractivity contribution in [1.29, 1.82) is 0 Å². The predicted octanol–water partition coefficient (Wildman–Crippen LogP) is 4.41. The van der Waals surface area contributed by atoms with Crippen molar-refractivity contribution in [3.05, 3.63) is 69.9 Å². The number of hydrogen-bond donors (Lipinski definition) is 1. The molecule has 24 heavy (non-hydrogen) atoms. The minimum Gasteiger partial charge on any atom is -0.410 e. The minimum atomic E-state index is -0.775. The lowest BCUT2D eigenvalue weighted by atomic mass is 10.2. The molecule has 7 nitrogen and oxygen atoms in total. The van der Waals surface area contributed by atoms with Gasteiger partial charge in [0.05, 0.1) is 16.1 Å². The number of ether oxygens (including phenoxy) is 1. The number of halogens is 1. The normalized spacial score (nSPS) is 10.4. The number of nitro benzene ring substituents is 1. The van der Waals surface area contributed by atoms with Gasteiger partial charge in [-0.25, -0.2) is 9.78 Å². The van der Waals surface area contributed by atoms with Crippen LogP contribution in [0.15, 0.2) is 54.6 Å². The van der Waals surface area contributed by atoms with E-state index in [9.17, 15) is 14.9 Å². The molecule has 3 aromatic rings. The Morgan fingerprint density at radius 3 is 2.58 bits per heavy atom. The van der Waals surface area contributed by atoms with E-state index in [1.165, 1.54) is 24.3 Å². The molecule has 120 valence electrons. The summed E-state index contributed by atoms with van der Waals surface area (Å²) < 4.78 is 5.06. The molecule has 1 amide bonds. The fourth-order valence-electron chi connectivity index (χ4n) is 2.06. The third-order valence-corrected chi connectivity index (χ3v) is 3.46. The molecule has 1 aromatic heterocycles. The highest BCUT2D eigenvalue weighted by molar-refractivity contribution is 6.33. The maximum atomic E-state index is 11.9. The number of carbonyl (C=O) groups excluding carboxylic acids is 1. The first-order valence-corrected chi connectivity index (χ1v) is 7.19. The summed E-state index contributed by atoms with van der Waals surface area (Å²) in [6, 6.07) is 14.2. The number of aromatic nitrogens is 1. The van der Waals surface area contributed by atoms with Gasteiger partial charge in [0.15, 0.2) is 5.15 Å². The zero-order chi connectivity index (χ0) is 17.1. The Morgan fingerprint density at radius 1 is 1.17 bits per heavy atom. The topological polar surface area (TPSA) is 94.4 Å². The average Bonchev–Trinajstić information content (AvgIpc) is 2.56. The number of nitro groups is 1. The van der Waals surface area contributed by atoms with E-state index in [1.54, 1.807) is 12.1 Å². The van der Waals surface area contributed by atoms with Gasteiger partial charge >= 0.3 is 6.09 Å². The fourth-order valence-corrected chi connectivity index (χ4v) is 2.25. The number of carbonyl (C=O) groups is 1. The number of hydrogen-bond acceptors (Lipinski definition) is 5. The van der Waals surface area contributed by atoms with Gasteiger partial charge < -0.3 is 4.74 Å². The monoisotopic (exact) mass is 343 g/mol. The van der Waals surface area contributed by atoms with Crippen molar-refractivity contribution >= 4 is 40.0 Å². The first-order chi connectivity index (χ1) is 11.5. The molecule has 0 radical (unpaired) electrons. The van der Waals surface area contributed by atoms with Crippen LogP contribution >= 0.6 is 11.6 Å². The van der Waals surface area contributed by atoms with Crippen LogP contribution in [-0.4, -0.2) is 16.0 Å². The highest BCUT2D eigenvalue weighted by Crippen LogP contribution is 2.25. The SMILES string of the molecule is O=C(Nc1cc2ccccc2nc1Cl)Oc1ccc([N+](=O)[O-])cc1. The summed E-state index contributed by atoms with van der Waals surface area (Å²) in [4.78, 5) is 26.2. The number of fused-ring (bicyclic) bond motifs is 1. The molecule has 0 aliphatic heterocycles. The van der Waals surface area contributed by atoms with Crippen LogP contribution in [0.2, 0.25) is 5.15 Å². The van der Waals surface area contributed by atoms with Gasteiger partial charge in [-0.15, -0.1) is 0 Å². The molecular weight excluding hydrogens is 334 g/mol. The van der Waals surface area contributed by atoms with Crippen molar-refractivity contribution in [2.24, 2.45) is 0 Å². The average molecular weight is 344 g/mol. The van der Waals surface area contributed by atoms with Crippen LogP contribution in [0.1, 0.15) is 0 Å². The molecule has 0 bridgehead atoms. The van der Waals surface area contributed by atoms with E-state index in [1.807, 2.05) is 18.2 Å². The number of nitrogens with one attached hydrogen (secondary N) is 1. The zero-order valence-electron chi connectivity index (χ0n) is 12.1. The van der Waals surface area contributed by atoms with Crippen LogP contribution in [0.25, 0.3) is 10.9 Å². The number of non-ortho nitro benzene ring substituents is 1. The minimum absolute atomic E-state index is 0.0930. The number of amides is 1. The number of nitrogens with zero attached hydrogens (tertiary/aromatic N) is 2. The standard InChI is InChI=1S/C16H10ClN3O4/c17-15-14(9-10-3-1-2-4-13(10)18-15)19-16(21)24-12-7-5-11(6-8-12)20(22)23/h1-9H,(H,19,21). The Morgan fingerprint density at radius 2 is 1.88 bits per heavy atom. The maximum Gasteiger partial charge on any atom is 0.417 e. The smallest absolute Gasteiger partial charge is 0.410 e. The van der Waals surface area contributed by atoms with Gasteiger partial charge in [-0.2, -0.15) is 0 Å². The highest BCUT2D eigenvalue weighted by Gasteiger charge is 2.11. The van der Waals surface area contributed by atoms with Gasteiger partial charge in [0, 0.05) is 17.5 Å². The summed E-state index contributed by atoms with van der Waals surface area (Å²) in [5.41, 5.74) is 0.920. The van der Waals surface area contributed by atoms with Crippen molar-refractivity contribution in [2.45, 2.75) is 0 Å². The van der Waals surface area contributed by atoms with Crippen LogP contribution in [0.4, 0.5) is 16.2 Å². The summed E-state index contributed by atoms with van der Waals surface area (Å²) in [7, 11) is 0. The van der Waals surface area contributed by atoms with E-state index < -0.39 is 11.0 Å². The molecule has 1 heterocycles. The number of para-hydroxylation sites is 1. The van der Waals surface area contributed by atoms with Crippen LogP contribution in [0.3, 0.4) is 0 Å². The highest BCUT2D eigenvalue weighted by atomic mass is 35.5. The summed E-state index contributed by atoms with van der Waals surface area (Å²) in [5, 5.41) is 14.0. The molecule has 0 aliphatic rings. The van der Waals surface area contributed by atoms with Gasteiger partial charge in [-0.05, 0) is 24.3 Å². The summed E-state index contributed by atoms with van der Waals surface area (Å²) in [6.07, 6.45) is -0.775. The molecule has 0 saturated carbocycles. The van der Waals surface area contributed by atoms with Crippen LogP contribution in [0.5, 0.6) is 5.75 Å². The summed E-state index contributed by atoms with van der Waals surface area (Å²) in [6.45, 7) is 0. The first kappa shape index (κ1) is 15.7. The molecule has 0 spiro atoms. The second-order valence-corrected chi connectivity index (χ2v) is 5.14. The van der Waals surface area contributed by atoms with Gasteiger partial charge in [-0.1, -0.05) is 29.8 Å². The molecule has 1 N–H and O–H groups in total. The third-order valence-electron chi connectivity index (χ3n) is 3.17. The van der Waals surface area contributed by atoms with Crippen molar-refractivity contribution in [3.63, 3.8) is 0 Å². The molecule has 0 atom stereocenters. The largest absolute Gasteiger partial charge is 0.417 e. The van der Waals surface area contributed by atoms with Crippen molar-refractivity contribution in [1.82, 2.24) is 4.98 Å². The van der Waals surface area contributed by atoms with Crippen LogP contribution < -0.4 is 10.1 Å². The molecule has 0 aliphatic carbocycles. The van der Waals surface area contributed by atoms with E-state index in [-0.39, 0.29) is 16.6 Å². The summed E-state index contributed by atoms with van der Waals surface area (Å²) in [5.74, 6) is 0.169.